The number of benzene rings is 2. The Morgan fingerprint density at radius 2 is 1.50 bits per heavy atom. The molecule has 2 aromatic carbocycles. The molecule has 0 saturated heterocycles. The second kappa shape index (κ2) is 10.4. The molecule has 0 unspecified atom stereocenters. The molecule has 0 bridgehead atoms. The van der Waals surface area contributed by atoms with Crippen molar-refractivity contribution in [3.05, 3.63) is 52.1 Å². The lowest BCUT2D eigenvalue weighted by Gasteiger charge is -2.13. The third-order valence-corrected chi connectivity index (χ3v) is 5.62. The maximum Gasteiger partial charge on any atom is 0.206 e. The van der Waals surface area contributed by atoms with Crippen molar-refractivity contribution < 1.29 is 18.9 Å². The van der Waals surface area contributed by atoms with Crippen LogP contribution in [-0.4, -0.2) is 44.9 Å². The normalized spacial score (nSPS) is 12.2. The Morgan fingerprint density at radius 1 is 0.875 bits per heavy atom. The van der Waals surface area contributed by atoms with Gasteiger partial charge in [-0.05, 0) is 45.0 Å². The van der Waals surface area contributed by atoms with Gasteiger partial charge in [0, 0.05) is 34.7 Å². The Balaban J connectivity index is 2.21. The number of aromatic nitrogens is 1. The van der Waals surface area contributed by atoms with Crippen molar-refractivity contribution in [2.24, 2.45) is 10.1 Å². The molecule has 3 rings (SSSR count). The number of rotatable bonds is 8. The molecule has 0 fully saturated rings. The predicted molar refractivity (Wildman–Crippen MR) is 129 cm³/mol. The molecule has 7 nitrogen and oxygen atoms in total. The van der Waals surface area contributed by atoms with E-state index in [0.29, 0.717) is 11.5 Å². The van der Waals surface area contributed by atoms with Crippen molar-refractivity contribution in [3.8, 4) is 34.3 Å². The van der Waals surface area contributed by atoms with Gasteiger partial charge in [-0.2, -0.15) is 5.10 Å². The number of ether oxygens (including phenoxy) is 4. The maximum atomic E-state index is 5.64. The molecular formula is C24H29N3O4S. The van der Waals surface area contributed by atoms with Crippen molar-refractivity contribution in [2.45, 2.75) is 26.8 Å². The summed E-state index contributed by atoms with van der Waals surface area (Å²) in [6.07, 6.45) is 0. The molecule has 0 atom stereocenters. The van der Waals surface area contributed by atoms with Crippen LogP contribution < -0.4 is 23.7 Å². The summed E-state index contributed by atoms with van der Waals surface area (Å²) in [6.45, 7) is 6.03. The number of hydrogen-bond donors (Lipinski definition) is 0. The Bertz CT molecular complexity index is 1180. The lowest BCUT2D eigenvalue weighted by atomic mass is 10.1. The quantitative estimate of drug-likeness (QED) is 0.456. The van der Waals surface area contributed by atoms with E-state index in [4.69, 9.17) is 29.0 Å². The molecule has 1 heterocycles. The minimum absolute atomic E-state index is 0.122. The van der Waals surface area contributed by atoms with Gasteiger partial charge in [0.1, 0.15) is 23.0 Å². The number of thiazole rings is 1. The molecule has 0 aliphatic heterocycles. The number of hydrogen-bond acceptors (Lipinski definition) is 7. The molecule has 0 aliphatic rings. The van der Waals surface area contributed by atoms with Crippen LogP contribution in [0.1, 0.15) is 26.3 Å². The second-order valence-corrected chi connectivity index (χ2v) is 8.09. The summed E-state index contributed by atoms with van der Waals surface area (Å²) in [6, 6.07) is 11.5. The minimum atomic E-state index is 0.122. The van der Waals surface area contributed by atoms with E-state index in [1.54, 1.807) is 28.4 Å². The van der Waals surface area contributed by atoms with Crippen LogP contribution in [0.3, 0.4) is 0 Å². The zero-order valence-corrected chi connectivity index (χ0v) is 20.3. The van der Waals surface area contributed by atoms with Gasteiger partial charge < -0.3 is 18.9 Å². The van der Waals surface area contributed by atoms with Crippen LogP contribution in [-0.2, 0) is 0 Å². The molecule has 170 valence electrons. The highest BCUT2D eigenvalue weighted by molar-refractivity contribution is 7.07. The SMILES string of the molecule is COc1ccc(C(C)=Nn2c(-c3ccc(OC)cc3OC)csc2=NC(C)C)c(OC)c1. The first kappa shape index (κ1) is 23.4. The molecule has 0 aliphatic carbocycles. The largest absolute Gasteiger partial charge is 0.497 e. The van der Waals surface area contributed by atoms with E-state index in [1.165, 1.54) is 11.3 Å². The highest BCUT2D eigenvalue weighted by Gasteiger charge is 2.16. The Kier molecular flexibility index (Phi) is 7.58. The highest BCUT2D eigenvalue weighted by Crippen LogP contribution is 2.34. The van der Waals surface area contributed by atoms with E-state index in [-0.39, 0.29) is 6.04 Å². The standard InChI is InChI=1S/C24H29N3O4S/c1-15(2)25-24-27(26-16(3)19-10-8-17(28-4)12-22(19)30-6)21(14-32-24)20-11-9-18(29-5)13-23(20)31-7/h8-15H,1-7H3. The summed E-state index contributed by atoms with van der Waals surface area (Å²) in [7, 11) is 6.54. The molecule has 1 aromatic heterocycles. The fourth-order valence-corrected chi connectivity index (χ4v) is 4.16. The zero-order valence-electron chi connectivity index (χ0n) is 19.5. The van der Waals surface area contributed by atoms with Crippen LogP contribution in [0, 0.1) is 0 Å². The average Bonchev–Trinajstić information content (AvgIpc) is 3.18. The van der Waals surface area contributed by atoms with Crippen molar-refractivity contribution in [2.75, 3.05) is 28.4 Å². The summed E-state index contributed by atoms with van der Waals surface area (Å²) >= 11 is 1.53. The molecular weight excluding hydrogens is 426 g/mol. The average molecular weight is 456 g/mol. The van der Waals surface area contributed by atoms with Gasteiger partial charge in [-0.25, -0.2) is 4.68 Å². The predicted octanol–water partition coefficient (Wildman–Crippen LogP) is 4.83. The van der Waals surface area contributed by atoms with Gasteiger partial charge in [0.2, 0.25) is 4.80 Å². The summed E-state index contributed by atoms with van der Waals surface area (Å²) in [5.74, 6) is 2.83. The molecule has 8 heteroatoms. The first-order chi connectivity index (χ1) is 15.4. The van der Waals surface area contributed by atoms with Gasteiger partial charge in [0.05, 0.1) is 39.8 Å². The van der Waals surface area contributed by atoms with E-state index >= 15 is 0 Å². The van der Waals surface area contributed by atoms with Crippen molar-refractivity contribution in [1.29, 1.82) is 0 Å². The molecule has 0 spiro atoms. The Morgan fingerprint density at radius 3 is 2.09 bits per heavy atom. The molecule has 0 radical (unpaired) electrons. The topological polar surface area (TPSA) is 66.6 Å². The van der Waals surface area contributed by atoms with Crippen LogP contribution in [0.2, 0.25) is 0 Å². The van der Waals surface area contributed by atoms with Gasteiger partial charge in [-0.15, -0.1) is 11.3 Å². The van der Waals surface area contributed by atoms with E-state index in [2.05, 4.69) is 0 Å². The third kappa shape index (κ3) is 4.96. The van der Waals surface area contributed by atoms with Gasteiger partial charge >= 0.3 is 0 Å². The summed E-state index contributed by atoms with van der Waals surface area (Å²) in [4.78, 5) is 5.56. The first-order valence-corrected chi connectivity index (χ1v) is 11.0. The maximum absolute atomic E-state index is 5.64. The van der Waals surface area contributed by atoms with Crippen molar-refractivity contribution in [1.82, 2.24) is 4.68 Å². The van der Waals surface area contributed by atoms with Gasteiger partial charge in [-0.1, -0.05) is 0 Å². The van der Waals surface area contributed by atoms with Crippen LogP contribution >= 0.6 is 11.3 Å². The second-order valence-electron chi connectivity index (χ2n) is 7.26. The van der Waals surface area contributed by atoms with E-state index in [0.717, 1.165) is 38.8 Å². The number of methoxy groups -OCH3 is 4. The third-order valence-electron chi connectivity index (χ3n) is 4.79. The van der Waals surface area contributed by atoms with E-state index in [1.807, 2.05) is 67.2 Å². The fraction of sp³-hybridized carbons (Fsp3) is 0.333. The molecule has 0 N–H and O–H groups in total. The highest BCUT2D eigenvalue weighted by atomic mass is 32.1. The zero-order chi connectivity index (χ0) is 23.3. The van der Waals surface area contributed by atoms with E-state index in [9.17, 15) is 0 Å². The monoisotopic (exact) mass is 455 g/mol. The number of nitrogens with zero attached hydrogens (tertiary/aromatic N) is 3. The lowest BCUT2D eigenvalue weighted by molar-refractivity contribution is 0.393. The van der Waals surface area contributed by atoms with Crippen molar-refractivity contribution in [3.63, 3.8) is 0 Å². The molecule has 3 aromatic rings. The van der Waals surface area contributed by atoms with Crippen LogP contribution in [0.15, 0.2) is 51.9 Å². The van der Waals surface area contributed by atoms with Crippen LogP contribution in [0.5, 0.6) is 23.0 Å². The first-order valence-electron chi connectivity index (χ1n) is 10.2. The van der Waals surface area contributed by atoms with Crippen LogP contribution in [0.4, 0.5) is 0 Å². The molecule has 0 saturated carbocycles. The van der Waals surface area contributed by atoms with Gasteiger partial charge in [0.15, 0.2) is 0 Å². The van der Waals surface area contributed by atoms with Crippen LogP contribution in [0.25, 0.3) is 11.3 Å². The minimum Gasteiger partial charge on any atom is -0.497 e. The fourth-order valence-electron chi connectivity index (χ4n) is 3.20. The summed E-state index contributed by atoms with van der Waals surface area (Å²) in [5.41, 5.74) is 3.42. The smallest absolute Gasteiger partial charge is 0.206 e. The summed E-state index contributed by atoms with van der Waals surface area (Å²) in [5, 5.41) is 6.98. The van der Waals surface area contributed by atoms with Gasteiger partial charge in [-0.3, -0.25) is 4.99 Å². The molecule has 32 heavy (non-hydrogen) atoms. The van der Waals surface area contributed by atoms with E-state index < -0.39 is 0 Å². The Labute approximate surface area is 192 Å². The lowest BCUT2D eigenvalue weighted by Crippen LogP contribution is -2.16. The Hall–Kier alpha value is -3.26. The van der Waals surface area contributed by atoms with Gasteiger partial charge in [0.25, 0.3) is 0 Å². The van der Waals surface area contributed by atoms with Crippen molar-refractivity contribution >= 4 is 17.0 Å². The molecule has 0 amide bonds. The summed E-state index contributed by atoms with van der Waals surface area (Å²) < 4.78 is 23.7.